The molecule has 2 aromatic rings. The average molecular weight is 361 g/mol. The first-order valence-corrected chi connectivity index (χ1v) is 8.51. The molecule has 1 amide bonds. The molecular weight excluding hydrogens is 340 g/mol. The number of rotatable bonds is 2. The van der Waals surface area contributed by atoms with Gasteiger partial charge in [0, 0.05) is 28.3 Å². The molecule has 132 valence electrons. The number of fused-ring (bicyclic) bond motifs is 1. The van der Waals surface area contributed by atoms with Gasteiger partial charge in [-0.15, -0.1) is 0 Å². The van der Waals surface area contributed by atoms with Crippen molar-refractivity contribution in [3.8, 4) is 0 Å². The maximum absolute atomic E-state index is 12.7. The quantitative estimate of drug-likeness (QED) is 0.587. The number of hydrogen-bond donors (Lipinski definition) is 2. The van der Waals surface area contributed by atoms with E-state index in [1.165, 1.54) is 0 Å². The van der Waals surface area contributed by atoms with Crippen LogP contribution in [0.15, 0.2) is 27.8 Å². The van der Waals surface area contributed by atoms with E-state index in [2.05, 4.69) is 24.3 Å². The maximum atomic E-state index is 12.7. The zero-order chi connectivity index (χ0) is 18.4. The van der Waals surface area contributed by atoms with E-state index >= 15 is 0 Å². The monoisotopic (exact) mass is 360 g/mol. The van der Waals surface area contributed by atoms with Gasteiger partial charge >= 0.3 is 0 Å². The highest BCUT2D eigenvalue weighted by atomic mass is 35.5. The van der Waals surface area contributed by atoms with Gasteiger partial charge < -0.3 is 14.9 Å². The second kappa shape index (κ2) is 6.23. The minimum absolute atomic E-state index is 0.0840. The van der Waals surface area contributed by atoms with Crippen LogP contribution in [-0.4, -0.2) is 16.8 Å². The fourth-order valence-electron chi connectivity index (χ4n) is 3.36. The predicted octanol–water partition coefficient (Wildman–Crippen LogP) is 4.95. The Balaban J connectivity index is 1.96. The van der Waals surface area contributed by atoms with E-state index < -0.39 is 0 Å². The number of nitrogens with zero attached hydrogens (tertiary/aromatic N) is 1. The molecule has 0 radical (unpaired) electrons. The number of carbonyl (C=O) groups excluding carboxylic acids is 1. The molecule has 1 aliphatic carbocycles. The minimum atomic E-state index is -0.326. The van der Waals surface area contributed by atoms with Crippen LogP contribution in [0.3, 0.4) is 0 Å². The van der Waals surface area contributed by atoms with Crippen LogP contribution in [0.4, 0.5) is 5.69 Å². The molecule has 1 aliphatic rings. The normalized spacial score (nSPS) is 17.4. The minimum Gasteiger partial charge on any atom is -0.455 e. The first-order valence-electron chi connectivity index (χ1n) is 8.13. The van der Waals surface area contributed by atoms with Gasteiger partial charge in [-0.3, -0.25) is 4.79 Å². The molecule has 5 nitrogen and oxygen atoms in total. The zero-order valence-electron chi connectivity index (χ0n) is 14.7. The Labute approximate surface area is 151 Å². The van der Waals surface area contributed by atoms with Gasteiger partial charge in [0.1, 0.15) is 5.76 Å². The molecule has 6 heteroatoms. The van der Waals surface area contributed by atoms with Crippen molar-refractivity contribution in [2.45, 2.75) is 40.5 Å². The van der Waals surface area contributed by atoms with E-state index in [1.54, 1.807) is 18.2 Å². The Morgan fingerprint density at radius 3 is 2.68 bits per heavy atom. The molecule has 2 N–H and O–H groups in total. The van der Waals surface area contributed by atoms with Crippen LogP contribution in [0.1, 0.15) is 53.3 Å². The fraction of sp³-hybridized carbons (Fsp3) is 0.368. The van der Waals surface area contributed by atoms with Crippen LogP contribution in [0.5, 0.6) is 0 Å². The number of halogens is 1. The number of aryl methyl sites for hydroxylation is 1. The molecule has 0 saturated carbocycles. The molecule has 3 rings (SSSR count). The molecule has 0 unspecified atom stereocenters. The Morgan fingerprint density at radius 2 is 2.04 bits per heavy atom. The van der Waals surface area contributed by atoms with Crippen molar-refractivity contribution in [2.75, 3.05) is 5.32 Å². The number of oxime groups is 1. The lowest BCUT2D eigenvalue weighted by Crippen LogP contribution is -2.27. The molecular formula is C19H21ClN2O3. The summed E-state index contributed by atoms with van der Waals surface area (Å²) in [6.07, 6.45) is 1.32. The highest BCUT2D eigenvalue weighted by Gasteiger charge is 2.36. The second-order valence-corrected chi connectivity index (χ2v) is 7.77. The van der Waals surface area contributed by atoms with Gasteiger partial charge in [0.25, 0.3) is 5.91 Å². The predicted molar refractivity (Wildman–Crippen MR) is 98.0 cm³/mol. The summed E-state index contributed by atoms with van der Waals surface area (Å²) in [5.41, 5.74) is 3.48. The van der Waals surface area contributed by atoms with E-state index in [0.29, 0.717) is 40.6 Å². The Morgan fingerprint density at radius 1 is 1.32 bits per heavy atom. The third-order valence-electron chi connectivity index (χ3n) is 4.56. The standard InChI is InChI=1S/C19H21ClN2O3/c1-10-7-12(20)5-6-13(10)21-18(23)17-11(2)16-14(22-24)8-19(3,4)9-15(16)25-17/h5-7,24H,8-9H2,1-4H3,(H,21,23)/b22-14-. The van der Waals surface area contributed by atoms with E-state index in [0.717, 1.165) is 11.1 Å². The van der Waals surface area contributed by atoms with Crippen molar-refractivity contribution in [3.05, 3.63) is 51.4 Å². The molecule has 0 atom stereocenters. The van der Waals surface area contributed by atoms with Crippen molar-refractivity contribution in [3.63, 3.8) is 0 Å². The summed E-state index contributed by atoms with van der Waals surface area (Å²) in [5.74, 6) is 0.616. The molecule has 1 aromatic carbocycles. The summed E-state index contributed by atoms with van der Waals surface area (Å²) in [6, 6.07) is 5.27. The lowest BCUT2D eigenvalue weighted by atomic mass is 9.75. The van der Waals surface area contributed by atoms with Gasteiger partial charge in [-0.1, -0.05) is 30.6 Å². The number of amides is 1. The number of benzene rings is 1. The van der Waals surface area contributed by atoms with Crippen LogP contribution >= 0.6 is 11.6 Å². The Hall–Kier alpha value is -2.27. The molecule has 0 spiro atoms. The van der Waals surface area contributed by atoms with Crippen molar-refractivity contribution >= 4 is 28.9 Å². The third kappa shape index (κ3) is 3.29. The van der Waals surface area contributed by atoms with Crippen LogP contribution in [0, 0.1) is 19.3 Å². The topological polar surface area (TPSA) is 74.8 Å². The average Bonchev–Trinajstić information content (AvgIpc) is 2.84. The lowest BCUT2D eigenvalue weighted by Gasteiger charge is -2.28. The molecule has 25 heavy (non-hydrogen) atoms. The summed E-state index contributed by atoms with van der Waals surface area (Å²) in [7, 11) is 0. The van der Waals surface area contributed by atoms with E-state index in [-0.39, 0.29) is 17.1 Å². The van der Waals surface area contributed by atoms with Gasteiger partial charge in [-0.25, -0.2) is 0 Å². The van der Waals surface area contributed by atoms with Crippen molar-refractivity contribution in [2.24, 2.45) is 10.6 Å². The molecule has 1 aromatic heterocycles. The van der Waals surface area contributed by atoms with Crippen LogP contribution in [-0.2, 0) is 6.42 Å². The summed E-state index contributed by atoms with van der Waals surface area (Å²) in [5, 5.41) is 16.3. The first kappa shape index (κ1) is 17.5. The van der Waals surface area contributed by atoms with Gasteiger partial charge in [-0.05, 0) is 49.4 Å². The van der Waals surface area contributed by atoms with Crippen molar-refractivity contribution < 1.29 is 14.4 Å². The maximum Gasteiger partial charge on any atom is 0.291 e. The molecule has 0 fully saturated rings. The SMILES string of the molecule is Cc1cc(Cl)ccc1NC(=O)c1oc2c(c1C)/C(=N\O)CC(C)(C)C2. The van der Waals surface area contributed by atoms with E-state index in [1.807, 2.05) is 13.8 Å². The second-order valence-electron chi connectivity index (χ2n) is 7.33. The molecule has 0 aliphatic heterocycles. The summed E-state index contributed by atoms with van der Waals surface area (Å²) in [4.78, 5) is 12.7. The van der Waals surface area contributed by atoms with E-state index in [4.69, 9.17) is 16.0 Å². The number of carbonyl (C=O) groups is 1. The van der Waals surface area contributed by atoms with E-state index in [9.17, 15) is 10.0 Å². The summed E-state index contributed by atoms with van der Waals surface area (Å²) >= 11 is 5.96. The number of furan rings is 1. The number of anilines is 1. The zero-order valence-corrected chi connectivity index (χ0v) is 15.5. The van der Waals surface area contributed by atoms with Gasteiger partial charge in [-0.2, -0.15) is 0 Å². The van der Waals surface area contributed by atoms with Crippen LogP contribution in [0.25, 0.3) is 0 Å². The van der Waals surface area contributed by atoms with Gasteiger partial charge in [0.05, 0.1) is 5.71 Å². The smallest absolute Gasteiger partial charge is 0.291 e. The Kier molecular flexibility index (Phi) is 4.37. The number of nitrogens with one attached hydrogen (secondary N) is 1. The van der Waals surface area contributed by atoms with Crippen molar-refractivity contribution in [1.82, 2.24) is 0 Å². The fourth-order valence-corrected chi connectivity index (χ4v) is 3.59. The Bertz CT molecular complexity index is 881. The largest absolute Gasteiger partial charge is 0.455 e. The van der Waals surface area contributed by atoms with Gasteiger partial charge in [0.15, 0.2) is 5.76 Å². The van der Waals surface area contributed by atoms with Gasteiger partial charge in [0.2, 0.25) is 0 Å². The first-order chi connectivity index (χ1) is 11.7. The van der Waals surface area contributed by atoms with Crippen LogP contribution < -0.4 is 5.32 Å². The van der Waals surface area contributed by atoms with Crippen molar-refractivity contribution in [1.29, 1.82) is 0 Å². The summed E-state index contributed by atoms with van der Waals surface area (Å²) < 4.78 is 5.87. The highest BCUT2D eigenvalue weighted by Crippen LogP contribution is 2.39. The molecule has 1 heterocycles. The summed E-state index contributed by atoms with van der Waals surface area (Å²) in [6.45, 7) is 7.85. The number of hydrogen-bond acceptors (Lipinski definition) is 4. The third-order valence-corrected chi connectivity index (χ3v) is 4.79. The molecule has 0 bridgehead atoms. The lowest BCUT2D eigenvalue weighted by molar-refractivity contribution is 0.0992. The highest BCUT2D eigenvalue weighted by molar-refractivity contribution is 6.30. The van der Waals surface area contributed by atoms with Crippen LogP contribution in [0.2, 0.25) is 5.02 Å². The molecule has 0 saturated heterocycles.